The number of carbonyl (C=O) groups excluding carboxylic acids is 1. The lowest BCUT2D eigenvalue weighted by Crippen LogP contribution is -2.37. The standard InChI is InChI=1S/C12H16BrNO/c1-10(2)14(12(15)8-13)9-11-6-4-3-5-7-11/h3-7,10H,8-9H2,1-2H3. The molecule has 1 aromatic carbocycles. The lowest BCUT2D eigenvalue weighted by molar-refractivity contribution is -0.130. The van der Waals surface area contributed by atoms with E-state index < -0.39 is 0 Å². The quantitative estimate of drug-likeness (QED) is 0.770. The highest BCUT2D eigenvalue weighted by atomic mass is 79.9. The maximum atomic E-state index is 11.6. The molecule has 0 spiro atoms. The highest BCUT2D eigenvalue weighted by Crippen LogP contribution is 2.09. The molecule has 0 aliphatic rings. The highest BCUT2D eigenvalue weighted by molar-refractivity contribution is 9.09. The van der Waals surface area contributed by atoms with Crippen LogP contribution in [0.5, 0.6) is 0 Å². The minimum atomic E-state index is 0.133. The fourth-order valence-corrected chi connectivity index (χ4v) is 1.74. The van der Waals surface area contributed by atoms with Gasteiger partial charge in [-0.15, -0.1) is 0 Å². The number of hydrogen-bond donors (Lipinski definition) is 0. The number of amides is 1. The van der Waals surface area contributed by atoms with Gasteiger partial charge in [0.1, 0.15) is 0 Å². The molecule has 0 saturated heterocycles. The van der Waals surface area contributed by atoms with Crippen molar-refractivity contribution in [2.24, 2.45) is 0 Å². The first-order chi connectivity index (χ1) is 7.15. The normalized spacial score (nSPS) is 10.4. The molecule has 0 unspecified atom stereocenters. The Kier molecular flexibility index (Phi) is 4.82. The van der Waals surface area contributed by atoms with Crippen LogP contribution in [0, 0.1) is 0 Å². The van der Waals surface area contributed by atoms with E-state index in [0.29, 0.717) is 11.9 Å². The van der Waals surface area contributed by atoms with Gasteiger partial charge in [-0.2, -0.15) is 0 Å². The second kappa shape index (κ2) is 5.91. The van der Waals surface area contributed by atoms with E-state index in [1.807, 2.05) is 49.1 Å². The number of benzene rings is 1. The number of alkyl halides is 1. The highest BCUT2D eigenvalue weighted by Gasteiger charge is 2.15. The molecule has 0 aromatic heterocycles. The van der Waals surface area contributed by atoms with Crippen molar-refractivity contribution in [3.05, 3.63) is 35.9 Å². The largest absolute Gasteiger partial charge is 0.335 e. The van der Waals surface area contributed by atoms with Crippen molar-refractivity contribution in [1.82, 2.24) is 4.90 Å². The van der Waals surface area contributed by atoms with E-state index >= 15 is 0 Å². The van der Waals surface area contributed by atoms with Crippen LogP contribution in [0.15, 0.2) is 30.3 Å². The Balaban J connectivity index is 2.72. The van der Waals surface area contributed by atoms with Crippen LogP contribution in [0.4, 0.5) is 0 Å². The summed E-state index contributed by atoms with van der Waals surface area (Å²) in [6, 6.07) is 10.3. The number of halogens is 1. The van der Waals surface area contributed by atoms with Gasteiger partial charge in [-0.3, -0.25) is 4.79 Å². The summed E-state index contributed by atoms with van der Waals surface area (Å²) in [6.07, 6.45) is 0. The lowest BCUT2D eigenvalue weighted by atomic mass is 10.2. The number of carbonyl (C=O) groups is 1. The summed E-state index contributed by atoms with van der Waals surface area (Å²) in [5, 5.41) is 0.387. The van der Waals surface area contributed by atoms with Crippen molar-refractivity contribution in [2.45, 2.75) is 26.4 Å². The molecule has 1 amide bonds. The van der Waals surface area contributed by atoms with E-state index in [4.69, 9.17) is 0 Å². The average molecular weight is 270 g/mol. The van der Waals surface area contributed by atoms with Crippen molar-refractivity contribution >= 4 is 21.8 Å². The third kappa shape index (κ3) is 3.67. The second-order valence-corrected chi connectivity index (χ2v) is 4.30. The third-order valence-corrected chi connectivity index (χ3v) is 2.73. The van der Waals surface area contributed by atoms with Crippen molar-refractivity contribution in [3.63, 3.8) is 0 Å². The molecule has 0 radical (unpaired) electrons. The third-order valence-electron chi connectivity index (χ3n) is 2.25. The first kappa shape index (κ1) is 12.2. The molecular formula is C12H16BrNO. The fraction of sp³-hybridized carbons (Fsp3) is 0.417. The van der Waals surface area contributed by atoms with E-state index in [2.05, 4.69) is 15.9 Å². The van der Waals surface area contributed by atoms with Crippen molar-refractivity contribution in [2.75, 3.05) is 5.33 Å². The molecule has 0 N–H and O–H groups in total. The zero-order valence-corrected chi connectivity index (χ0v) is 10.7. The molecule has 0 heterocycles. The molecular weight excluding hydrogens is 254 g/mol. The Morgan fingerprint density at radius 3 is 2.40 bits per heavy atom. The Labute approximate surface area is 99.4 Å². The Morgan fingerprint density at radius 1 is 1.33 bits per heavy atom. The lowest BCUT2D eigenvalue weighted by Gasteiger charge is -2.26. The van der Waals surface area contributed by atoms with Crippen LogP contribution in [0.3, 0.4) is 0 Å². The summed E-state index contributed by atoms with van der Waals surface area (Å²) < 4.78 is 0. The molecule has 0 bridgehead atoms. The zero-order chi connectivity index (χ0) is 11.3. The summed E-state index contributed by atoms with van der Waals surface area (Å²) in [5.74, 6) is 0.133. The van der Waals surface area contributed by atoms with Crippen LogP contribution in [-0.2, 0) is 11.3 Å². The van der Waals surface area contributed by atoms with E-state index in [1.54, 1.807) is 0 Å². The van der Waals surface area contributed by atoms with Crippen molar-refractivity contribution < 1.29 is 4.79 Å². The first-order valence-corrected chi connectivity index (χ1v) is 6.16. The van der Waals surface area contributed by atoms with Gasteiger partial charge in [0, 0.05) is 12.6 Å². The summed E-state index contributed by atoms with van der Waals surface area (Å²) in [5.41, 5.74) is 1.17. The molecule has 0 saturated carbocycles. The fourth-order valence-electron chi connectivity index (χ4n) is 1.42. The van der Waals surface area contributed by atoms with E-state index in [-0.39, 0.29) is 11.9 Å². The Bertz CT molecular complexity index is 311. The van der Waals surface area contributed by atoms with Crippen LogP contribution in [0.1, 0.15) is 19.4 Å². The molecule has 0 fully saturated rings. The first-order valence-electron chi connectivity index (χ1n) is 5.04. The molecule has 82 valence electrons. The minimum absolute atomic E-state index is 0.133. The minimum Gasteiger partial charge on any atom is -0.335 e. The van der Waals surface area contributed by atoms with Crippen LogP contribution in [0.2, 0.25) is 0 Å². The average Bonchev–Trinajstić information content (AvgIpc) is 2.26. The molecule has 0 atom stereocenters. The second-order valence-electron chi connectivity index (χ2n) is 3.73. The number of nitrogens with zero attached hydrogens (tertiary/aromatic N) is 1. The van der Waals surface area contributed by atoms with E-state index in [0.717, 1.165) is 0 Å². The maximum Gasteiger partial charge on any atom is 0.233 e. The number of hydrogen-bond acceptors (Lipinski definition) is 1. The van der Waals surface area contributed by atoms with Gasteiger partial charge in [-0.25, -0.2) is 0 Å². The molecule has 2 nitrogen and oxygen atoms in total. The van der Waals surface area contributed by atoms with Crippen LogP contribution >= 0.6 is 15.9 Å². The van der Waals surface area contributed by atoms with E-state index in [1.165, 1.54) is 5.56 Å². The summed E-state index contributed by atoms with van der Waals surface area (Å²) in [4.78, 5) is 13.5. The predicted molar refractivity (Wildman–Crippen MR) is 65.9 cm³/mol. The Morgan fingerprint density at radius 2 is 1.93 bits per heavy atom. The van der Waals surface area contributed by atoms with Gasteiger partial charge in [0.2, 0.25) is 5.91 Å². The topological polar surface area (TPSA) is 20.3 Å². The SMILES string of the molecule is CC(C)N(Cc1ccccc1)C(=O)CBr. The number of rotatable bonds is 4. The van der Waals surface area contributed by atoms with Gasteiger partial charge in [-0.1, -0.05) is 46.3 Å². The zero-order valence-electron chi connectivity index (χ0n) is 9.11. The summed E-state index contributed by atoms with van der Waals surface area (Å²) >= 11 is 3.21. The van der Waals surface area contributed by atoms with Gasteiger partial charge in [0.05, 0.1) is 5.33 Å². The van der Waals surface area contributed by atoms with Gasteiger partial charge in [0.15, 0.2) is 0 Å². The summed E-state index contributed by atoms with van der Waals surface area (Å²) in [6.45, 7) is 4.75. The van der Waals surface area contributed by atoms with Crippen molar-refractivity contribution in [1.29, 1.82) is 0 Å². The van der Waals surface area contributed by atoms with Crippen LogP contribution in [0.25, 0.3) is 0 Å². The molecule has 0 aliphatic heterocycles. The maximum absolute atomic E-state index is 11.6. The van der Waals surface area contributed by atoms with Gasteiger partial charge in [0.25, 0.3) is 0 Å². The Hall–Kier alpha value is -0.830. The van der Waals surface area contributed by atoms with Gasteiger partial charge >= 0.3 is 0 Å². The van der Waals surface area contributed by atoms with Gasteiger partial charge < -0.3 is 4.90 Å². The molecule has 1 rings (SSSR count). The molecule has 0 aliphatic carbocycles. The van der Waals surface area contributed by atoms with Crippen molar-refractivity contribution in [3.8, 4) is 0 Å². The molecule has 15 heavy (non-hydrogen) atoms. The predicted octanol–water partition coefficient (Wildman–Crippen LogP) is 2.82. The molecule has 1 aromatic rings. The van der Waals surface area contributed by atoms with Crippen LogP contribution in [-0.4, -0.2) is 22.2 Å². The summed E-state index contributed by atoms with van der Waals surface area (Å²) in [7, 11) is 0. The van der Waals surface area contributed by atoms with E-state index in [9.17, 15) is 4.79 Å². The molecule has 3 heteroatoms. The van der Waals surface area contributed by atoms with Crippen LogP contribution < -0.4 is 0 Å². The monoisotopic (exact) mass is 269 g/mol. The smallest absolute Gasteiger partial charge is 0.233 e. The van der Waals surface area contributed by atoms with Gasteiger partial charge in [-0.05, 0) is 19.4 Å².